The number of benzene rings is 1. The van der Waals surface area contributed by atoms with Crippen molar-refractivity contribution in [2.45, 2.75) is 44.1 Å². The fraction of sp³-hybridized carbons (Fsp3) is 0.476. The van der Waals surface area contributed by atoms with Crippen molar-refractivity contribution in [2.75, 3.05) is 10.7 Å². The molecule has 0 radical (unpaired) electrons. The van der Waals surface area contributed by atoms with Crippen molar-refractivity contribution in [1.29, 1.82) is 0 Å². The Bertz CT molecular complexity index is 1010. The van der Waals surface area contributed by atoms with E-state index in [-0.39, 0.29) is 22.9 Å². The summed E-state index contributed by atoms with van der Waals surface area (Å²) in [6.45, 7) is 0. The molecule has 3 N–H and O–H groups in total. The molecule has 10 heteroatoms. The number of nitrogens with zero attached hydrogens (tertiary/aromatic N) is 3. The van der Waals surface area contributed by atoms with Gasteiger partial charge in [-0.1, -0.05) is 12.1 Å². The highest BCUT2D eigenvalue weighted by atomic mass is 79.9. The van der Waals surface area contributed by atoms with Gasteiger partial charge in [-0.25, -0.2) is 9.97 Å². The number of nitro groups is 1. The highest BCUT2D eigenvalue weighted by Gasteiger charge is 2.51. The fourth-order valence-electron chi connectivity index (χ4n) is 6.08. The average Bonchev–Trinajstić information content (AvgIpc) is 2.71. The van der Waals surface area contributed by atoms with E-state index < -0.39 is 10.8 Å². The standard InChI is InChI=1S/C21H23BrN6O3/c22-16-4-2-1-3-15(16)20(29)27-26-19-17(28(30)31)18(23-11-24-19)25-21-8-12-5-13(9-21)7-14(6-12)10-21/h1-4,11-14H,5-10H2,(H,27,29)(H2,23,24,25,26). The third-order valence-electron chi connectivity index (χ3n) is 6.84. The van der Waals surface area contributed by atoms with E-state index in [0.29, 0.717) is 27.8 Å². The second-order valence-corrected chi connectivity index (χ2v) is 9.91. The summed E-state index contributed by atoms with van der Waals surface area (Å²) in [7, 11) is 0. The molecule has 1 aromatic heterocycles. The Morgan fingerprint density at radius 2 is 1.68 bits per heavy atom. The molecule has 31 heavy (non-hydrogen) atoms. The smallest absolute Gasteiger partial charge is 0.354 e. The summed E-state index contributed by atoms with van der Waals surface area (Å²) in [5, 5.41) is 15.4. The molecule has 4 saturated carbocycles. The third kappa shape index (κ3) is 3.84. The average molecular weight is 487 g/mol. The molecule has 0 spiro atoms. The minimum Gasteiger partial charge on any atom is -0.359 e. The topological polar surface area (TPSA) is 122 Å². The Kier molecular flexibility index (Phi) is 5.04. The van der Waals surface area contributed by atoms with Crippen LogP contribution in [0.1, 0.15) is 48.9 Å². The number of aromatic nitrogens is 2. The maximum atomic E-state index is 12.5. The van der Waals surface area contributed by atoms with E-state index in [9.17, 15) is 14.9 Å². The van der Waals surface area contributed by atoms with Crippen LogP contribution in [0, 0.1) is 27.9 Å². The van der Waals surface area contributed by atoms with E-state index >= 15 is 0 Å². The zero-order valence-electron chi connectivity index (χ0n) is 16.8. The molecular formula is C21H23BrN6O3. The monoisotopic (exact) mass is 486 g/mol. The first-order chi connectivity index (χ1) is 14.9. The van der Waals surface area contributed by atoms with E-state index in [1.54, 1.807) is 24.3 Å². The first-order valence-corrected chi connectivity index (χ1v) is 11.3. The van der Waals surface area contributed by atoms with Crippen LogP contribution in [0.2, 0.25) is 0 Å². The predicted octanol–water partition coefficient (Wildman–Crippen LogP) is 4.28. The van der Waals surface area contributed by atoms with Crippen molar-refractivity contribution in [2.24, 2.45) is 17.8 Å². The van der Waals surface area contributed by atoms with Crippen LogP contribution in [0.25, 0.3) is 0 Å². The Morgan fingerprint density at radius 1 is 1.06 bits per heavy atom. The number of anilines is 2. The largest absolute Gasteiger partial charge is 0.359 e. The number of rotatable bonds is 6. The molecule has 1 aromatic carbocycles. The van der Waals surface area contributed by atoms with Gasteiger partial charge in [0.1, 0.15) is 6.33 Å². The first kappa shape index (κ1) is 20.2. The lowest BCUT2D eigenvalue weighted by molar-refractivity contribution is -0.383. The van der Waals surface area contributed by atoms with Crippen LogP contribution in [0.5, 0.6) is 0 Å². The molecule has 0 saturated heterocycles. The molecule has 162 valence electrons. The Hall–Kier alpha value is -2.75. The summed E-state index contributed by atoms with van der Waals surface area (Å²) in [4.78, 5) is 32.1. The Morgan fingerprint density at radius 3 is 2.29 bits per heavy atom. The van der Waals surface area contributed by atoms with Crippen molar-refractivity contribution >= 4 is 39.2 Å². The lowest BCUT2D eigenvalue weighted by atomic mass is 9.53. The molecular weight excluding hydrogens is 464 g/mol. The van der Waals surface area contributed by atoms with Crippen LogP contribution in [-0.4, -0.2) is 26.3 Å². The second kappa shape index (κ2) is 7.74. The van der Waals surface area contributed by atoms with E-state index in [1.165, 1.54) is 25.6 Å². The lowest BCUT2D eigenvalue weighted by Gasteiger charge is -2.57. The molecule has 0 atom stereocenters. The Labute approximate surface area is 187 Å². The number of hydrogen-bond donors (Lipinski definition) is 3. The molecule has 1 heterocycles. The van der Waals surface area contributed by atoms with Crippen molar-refractivity contribution in [1.82, 2.24) is 15.4 Å². The SMILES string of the molecule is O=C(NNc1ncnc(NC23CC4CC(CC(C4)C2)C3)c1[N+](=O)[O-])c1ccccc1Br. The molecule has 4 aliphatic carbocycles. The van der Waals surface area contributed by atoms with Crippen molar-refractivity contribution in [3.8, 4) is 0 Å². The van der Waals surface area contributed by atoms with Gasteiger partial charge in [-0.15, -0.1) is 0 Å². The van der Waals surface area contributed by atoms with Crippen LogP contribution in [0.4, 0.5) is 17.3 Å². The zero-order chi connectivity index (χ0) is 21.6. The van der Waals surface area contributed by atoms with E-state index in [1.807, 2.05) is 0 Å². The summed E-state index contributed by atoms with van der Waals surface area (Å²) < 4.78 is 0.621. The number of amides is 1. The Balaban J connectivity index is 1.38. The number of nitrogens with one attached hydrogen (secondary N) is 3. The summed E-state index contributed by atoms with van der Waals surface area (Å²) in [6, 6.07) is 6.93. The van der Waals surface area contributed by atoms with Crippen molar-refractivity contribution in [3.05, 3.63) is 50.7 Å². The molecule has 4 aliphatic rings. The molecule has 1 amide bonds. The fourth-order valence-corrected chi connectivity index (χ4v) is 6.54. The normalized spacial score (nSPS) is 28.2. The molecule has 4 bridgehead atoms. The summed E-state index contributed by atoms with van der Waals surface area (Å²) in [5.74, 6) is 1.81. The third-order valence-corrected chi connectivity index (χ3v) is 7.53. The number of hydrazine groups is 1. The minimum absolute atomic E-state index is 0.0485. The first-order valence-electron chi connectivity index (χ1n) is 10.5. The van der Waals surface area contributed by atoms with Gasteiger partial charge in [0.25, 0.3) is 5.91 Å². The summed E-state index contributed by atoms with van der Waals surface area (Å²) in [6.07, 6.45) is 8.20. The van der Waals surface area contributed by atoms with Gasteiger partial charge in [-0.2, -0.15) is 0 Å². The quantitative estimate of drug-likeness (QED) is 0.411. The van der Waals surface area contributed by atoms with Gasteiger partial charge < -0.3 is 5.32 Å². The summed E-state index contributed by atoms with van der Waals surface area (Å²) in [5.41, 5.74) is 5.12. The van der Waals surface area contributed by atoms with Crippen LogP contribution in [0.3, 0.4) is 0 Å². The van der Waals surface area contributed by atoms with Crippen LogP contribution >= 0.6 is 15.9 Å². The van der Waals surface area contributed by atoms with Gasteiger partial charge in [0, 0.05) is 10.0 Å². The summed E-state index contributed by atoms with van der Waals surface area (Å²) >= 11 is 3.33. The van der Waals surface area contributed by atoms with Crippen LogP contribution in [-0.2, 0) is 0 Å². The van der Waals surface area contributed by atoms with Gasteiger partial charge in [0.2, 0.25) is 11.6 Å². The molecule has 0 aliphatic heterocycles. The van der Waals surface area contributed by atoms with Gasteiger partial charge >= 0.3 is 5.69 Å². The second-order valence-electron chi connectivity index (χ2n) is 9.06. The molecule has 0 unspecified atom stereocenters. The molecule has 2 aromatic rings. The van der Waals surface area contributed by atoms with Gasteiger partial charge in [-0.05, 0) is 84.3 Å². The van der Waals surface area contributed by atoms with E-state index in [0.717, 1.165) is 19.3 Å². The van der Waals surface area contributed by atoms with Crippen LogP contribution in [0.15, 0.2) is 35.1 Å². The van der Waals surface area contributed by atoms with Crippen molar-refractivity contribution in [3.63, 3.8) is 0 Å². The molecule has 4 fully saturated rings. The minimum atomic E-state index is -0.504. The predicted molar refractivity (Wildman–Crippen MR) is 118 cm³/mol. The van der Waals surface area contributed by atoms with E-state index in [2.05, 4.69) is 42.1 Å². The molecule has 6 rings (SSSR count). The molecule has 9 nitrogen and oxygen atoms in total. The maximum Gasteiger partial charge on any atom is 0.354 e. The number of hydrogen-bond acceptors (Lipinski definition) is 7. The number of carbonyl (C=O) groups is 1. The van der Waals surface area contributed by atoms with Crippen LogP contribution < -0.4 is 16.2 Å². The highest BCUT2D eigenvalue weighted by Crippen LogP contribution is 2.56. The van der Waals surface area contributed by atoms with Gasteiger partial charge in [0.05, 0.1) is 10.5 Å². The highest BCUT2D eigenvalue weighted by molar-refractivity contribution is 9.10. The number of carbonyl (C=O) groups excluding carboxylic acids is 1. The van der Waals surface area contributed by atoms with E-state index in [4.69, 9.17) is 0 Å². The maximum absolute atomic E-state index is 12.5. The lowest BCUT2D eigenvalue weighted by Crippen LogP contribution is -2.55. The van der Waals surface area contributed by atoms with Gasteiger partial charge in [0.15, 0.2) is 0 Å². The zero-order valence-corrected chi connectivity index (χ0v) is 18.4. The van der Waals surface area contributed by atoms with Gasteiger partial charge in [-0.3, -0.25) is 25.8 Å². The number of halogens is 1. The van der Waals surface area contributed by atoms with Crippen molar-refractivity contribution < 1.29 is 9.72 Å².